The molecule has 3 rings (SSSR count). The van der Waals surface area contributed by atoms with Crippen LogP contribution < -0.4 is 5.32 Å². The van der Waals surface area contributed by atoms with Crippen molar-refractivity contribution in [3.05, 3.63) is 71.8 Å². The summed E-state index contributed by atoms with van der Waals surface area (Å²) >= 11 is 0. The van der Waals surface area contributed by atoms with Crippen LogP contribution in [-0.2, 0) is 11.3 Å². The summed E-state index contributed by atoms with van der Waals surface area (Å²) in [5, 5.41) is 14.1. The third-order valence-corrected chi connectivity index (χ3v) is 4.86. The Morgan fingerprint density at radius 1 is 1.04 bits per heavy atom. The van der Waals surface area contributed by atoms with Crippen LogP contribution in [0, 0.1) is 0 Å². The van der Waals surface area contributed by atoms with Crippen LogP contribution in [0.4, 0.5) is 0 Å². The number of benzene rings is 2. The van der Waals surface area contributed by atoms with E-state index in [0.717, 1.165) is 12.8 Å². The number of aliphatic hydroxyl groups is 1. The van der Waals surface area contributed by atoms with Gasteiger partial charge in [0.05, 0.1) is 18.8 Å². The summed E-state index contributed by atoms with van der Waals surface area (Å²) in [6.07, 6.45) is 2.42. The fraction of sp³-hybridized carbons (Fsp3) is 0.429. The van der Waals surface area contributed by atoms with Gasteiger partial charge in [-0.05, 0) is 30.9 Å². The van der Waals surface area contributed by atoms with Crippen LogP contribution in [-0.4, -0.2) is 23.4 Å². The van der Waals surface area contributed by atoms with E-state index >= 15 is 0 Å². The Morgan fingerprint density at radius 2 is 1.71 bits per heavy atom. The van der Waals surface area contributed by atoms with Crippen LogP contribution in [0.1, 0.15) is 43.4 Å². The lowest BCUT2D eigenvalue weighted by molar-refractivity contribution is -0.0370. The fourth-order valence-electron chi connectivity index (χ4n) is 3.40. The minimum Gasteiger partial charge on any atom is -0.391 e. The van der Waals surface area contributed by atoms with Gasteiger partial charge in [-0.25, -0.2) is 0 Å². The molecule has 3 heteroatoms. The Kier molecular flexibility index (Phi) is 6.02. The van der Waals surface area contributed by atoms with E-state index in [2.05, 4.69) is 48.6 Å². The van der Waals surface area contributed by atoms with E-state index in [1.807, 2.05) is 24.3 Å². The van der Waals surface area contributed by atoms with Crippen molar-refractivity contribution in [2.75, 3.05) is 0 Å². The molecule has 1 aliphatic carbocycles. The van der Waals surface area contributed by atoms with E-state index in [4.69, 9.17) is 4.74 Å². The van der Waals surface area contributed by atoms with E-state index in [9.17, 15) is 5.11 Å². The lowest BCUT2D eigenvalue weighted by Crippen LogP contribution is -2.46. The van der Waals surface area contributed by atoms with E-state index in [-0.39, 0.29) is 24.3 Å². The van der Waals surface area contributed by atoms with Crippen molar-refractivity contribution in [3.63, 3.8) is 0 Å². The predicted octanol–water partition coefficient (Wildman–Crippen LogP) is 3.84. The highest BCUT2D eigenvalue weighted by molar-refractivity contribution is 5.18. The van der Waals surface area contributed by atoms with Crippen LogP contribution >= 0.6 is 0 Å². The first-order chi connectivity index (χ1) is 11.7. The molecule has 0 aromatic heterocycles. The molecule has 1 aliphatic rings. The lowest BCUT2D eigenvalue weighted by Gasteiger charge is -2.35. The molecule has 0 spiro atoms. The van der Waals surface area contributed by atoms with Crippen molar-refractivity contribution in [3.8, 4) is 0 Å². The molecule has 2 aromatic carbocycles. The Morgan fingerprint density at radius 3 is 2.38 bits per heavy atom. The zero-order chi connectivity index (χ0) is 16.8. The van der Waals surface area contributed by atoms with Crippen LogP contribution in [0.5, 0.6) is 0 Å². The first-order valence-corrected chi connectivity index (χ1v) is 8.87. The lowest BCUT2D eigenvalue weighted by atomic mass is 9.89. The molecule has 0 amide bonds. The molecule has 0 radical (unpaired) electrons. The van der Waals surface area contributed by atoms with Crippen LogP contribution in [0.2, 0.25) is 0 Å². The predicted molar refractivity (Wildman–Crippen MR) is 96.7 cm³/mol. The zero-order valence-corrected chi connectivity index (χ0v) is 14.3. The van der Waals surface area contributed by atoms with Gasteiger partial charge in [-0.2, -0.15) is 0 Å². The summed E-state index contributed by atoms with van der Waals surface area (Å²) in [6.45, 7) is 2.77. The second kappa shape index (κ2) is 8.43. The zero-order valence-electron chi connectivity index (χ0n) is 14.3. The number of hydrogen-bond donors (Lipinski definition) is 2. The van der Waals surface area contributed by atoms with E-state index < -0.39 is 0 Å². The van der Waals surface area contributed by atoms with Gasteiger partial charge in [0.1, 0.15) is 0 Å². The van der Waals surface area contributed by atoms with Gasteiger partial charge in [0.25, 0.3) is 0 Å². The van der Waals surface area contributed by atoms with E-state index in [0.29, 0.717) is 13.0 Å². The molecule has 2 N–H and O–H groups in total. The monoisotopic (exact) mass is 325 g/mol. The number of rotatable bonds is 6. The van der Waals surface area contributed by atoms with Gasteiger partial charge in [0, 0.05) is 18.5 Å². The molecule has 128 valence electrons. The standard InChI is InChI=1S/C21H27NO2/c1-16(18-10-6-3-7-11-18)22-20-13-12-19(14-21(20)23)24-15-17-8-4-2-5-9-17/h2-11,16,19-23H,12-15H2,1H3. The average molecular weight is 325 g/mol. The van der Waals surface area contributed by atoms with Crippen LogP contribution in [0.15, 0.2) is 60.7 Å². The topological polar surface area (TPSA) is 41.5 Å². The second-order valence-corrected chi connectivity index (χ2v) is 6.70. The molecule has 3 nitrogen and oxygen atoms in total. The minimum absolute atomic E-state index is 0.136. The summed E-state index contributed by atoms with van der Waals surface area (Å²) in [5.74, 6) is 0. The summed E-state index contributed by atoms with van der Waals surface area (Å²) in [7, 11) is 0. The smallest absolute Gasteiger partial charge is 0.0720 e. The largest absolute Gasteiger partial charge is 0.391 e. The molecule has 0 heterocycles. The first-order valence-electron chi connectivity index (χ1n) is 8.87. The second-order valence-electron chi connectivity index (χ2n) is 6.70. The maximum atomic E-state index is 10.5. The highest BCUT2D eigenvalue weighted by atomic mass is 16.5. The molecule has 24 heavy (non-hydrogen) atoms. The van der Waals surface area contributed by atoms with Crippen molar-refractivity contribution in [2.45, 2.75) is 57.1 Å². The maximum Gasteiger partial charge on any atom is 0.0720 e. The van der Waals surface area contributed by atoms with Crippen molar-refractivity contribution in [1.29, 1.82) is 0 Å². The van der Waals surface area contributed by atoms with E-state index in [1.165, 1.54) is 11.1 Å². The molecule has 4 unspecified atom stereocenters. The molecule has 1 saturated carbocycles. The molecule has 0 bridgehead atoms. The first kappa shape index (κ1) is 17.2. The number of hydrogen-bond acceptors (Lipinski definition) is 3. The van der Waals surface area contributed by atoms with Gasteiger partial charge in [-0.1, -0.05) is 60.7 Å². The van der Waals surface area contributed by atoms with Crippen molar-refractivity contribution < 1.29 is 9.84 Å². The Bertz CT molecular complexity index is 602. The van der Waals surface area contributed by atoms with Crippen molar-refractivity contribution in [2.24, 2.45) is 0 Å². The molecule has 0 aliphatic heterocycles. The number of aliphatic hydroxyl groups excluding tert-OH is 1. The quantitative estimate of drug-likeness (QED) is 0.848. The molecule has 0 saturated heterocycles. The van der Waals surface area contributed by atoms with Crippen LogP contribution in [0.3, 0.4) is 0 Å². The Balaban J connectivity index is 1.46. The summed E-state index contributed by atoms with van der Waals surface area (Å²) in [4.78, 5) is 0. The number of nitrogens with one attached hydrogen (secondary N) is 1. The minimum atomic E-state index is -0.356. The third kappa shape index (κ3) is 4.67. The van der Waals surface area contributed by atoms with Gasteiger partial charge in [0.15, 0.2) is 0 Å². The van der Waals surface area contributed by atoms with Crippen molar-refractivity contribution >= 4 is 0 Å². The maximum absolute atomic E-state index is 10.5. The Labute approximate surface area is 144 Å². The normalized spacial score (nSPS) is 25.3. The van der Waals surface area contributed by atoms with E-state index in [1.54, 1.807) is 0 Å². The highest BCUT2D eigenvalue weighted by Gasteiger charge is 2.30. The van der Waals surface area contributed by atoms with Gasteiger partial charge in [0.2, 0.25) is 0 Å². The number of ether oxygens (including phenoxy) is 1. The summed E-state index contributed by atoms with van der Waals surface area (Å²) in [5.41, 5.74) is 2.44. The highest BCUT2D eigenvalue weighted by Crippen LogP contribution is 2.25. The molecule has 4 atom stereocenters. The summed E-state index contributed by atoms with van der Waals surface area (Å²) in [6, 6.07) is 21.0. The van der Waals surface area contributed by atoms with Gasteiger partial charge >= 0.3 is 0 Å². The molecular formula is C21H27NO2. The molecule has 2 aromatic rings. The molecular weight excluding hydrogens is 298 g/mol. The Hall–Kier alpha value is -1.68. The van der Waals surface area contributed by atoms with Gasteiger partial charge < -0.3 is 15.2 Å². The third-order valence-electron chi connectivity index (χ3n) is 4.86. The fourth-order valence-corrected chi connectivity index (χ4v) is 3.40. The summed E-state index contributed by atoms with van der Waals surface area (Å²) < 4.78 is 5.99. The SMILES string of the molecule is CC(NC1CCC(OCc2ccccc2)CC1O)c1ccccc1. The van der Waals surface area contributed by atoms with Crippen molar-refractivity contribution in [1.82, 2.24) is 5.32 Å². The average Bonchev–Trinajstić information content (AvgIpc) is 2.63. The van der Waals surface area contributed by atoms with Crippen LogP contribution in [0.25, 0.3) is 0 Å². The van der Waals surface area contributed by atoms with Gasteiger partial charge in [-0.15, -0.1) is 0 Å². The van der Waals surface area contributed by atoms with Gasteiger partial charge in [-0.3, -0.25) is 0 Å². The molecule has 1 fully saturated rings.